The summed E-state index contributed by atoms with van der Waals surface area (Å²) >= 11 is 0. The fourth-order valence-electron chi connectivity index (χ4n) is 0.822. The Kier molecular flexibility index (Phi) is 2.24. The summed E-state index contributed by atoms with van der Waals surface area (Å²) < 4.78 is 4.64. The normalized spacial score (nSPS) is 24.0. The molecule has 1 aliphatic rings. The number of carbonyl (C=O) groups excluding carboxylic acids is 1. The number of carbonyl (C=O) groups is 1. The molecule has 1 aliphatic heterocycles. The molecular weight excluding hydrogens is 134 g/mol. The summed E-state index contributed by atoms with van der Waals surface area (Å²) in [5.41, 5.74) is 0. The number of nitrogens with zero attached hydrogens (tertiary/aromatic N) is 1. The van der Waals surface area contributed by atoms with Gasteiger partial charge in [0.15, 0.2) is 0 Å². The number of esters is 1. The standard InChI is InChI=1S/C6H10NO3/c1-5(8)7-2-3-10-6(9)4-7/h5,8H,1-4H2. The molecule has 0 saturated carbocycles. The minimum absolute atomic E-state index is 0.144. The summed E-state index contributed by atoms with van der Waals surface area (Å²) in [6.45, 7) is 4.43. The van der Waals surface area contributed by atoms with E-state index in [0.717, 1.165) is 0 Å². The molecule has 1 atom stereocenters. The van der Waals surface area contributed by atoms with Crippen molar-refractivity contribution >= 4 is 5.97 Å². The van der Waals surface area contributed by atoms with Gasteiger partial charge in [0.1, 0.15) is 12.8 Å². The second-order valence-electron chi connectivity index (χ2n) is 2.17. The van der Waals surface area contributed by atoms with E-state index < -0.39 is 6.23 Å². The number of hydrogen-bond acceptors (Lipinski definition) is 4. The number of aliphatic hydroxyl groups excluding tert-OH is 1. The van der Waals surface area contributed by atoms with Crippen LogP contribution in [-0.2, 0) is 9.53 Å². The highest BCUT2D eigenvalue weighted by atomic mass is 16.5. The zero-order chi connectivity index (χ0) is 7.56. The number of morpholine rings is 1. The second kappa shape index (κ2) is 2.98. The van der Waals surface area contributed by atoms with Gasteiger partial charge in [0.05, 0.1) is 6.54 Å². The van der Waals surface area contributed by atoms with Crippen LogP contribution in [0.4, 0.5) is 0 Å². The number of cyclic esters (lactones) is 1. The molecule has 1 rings (SSSR count). The number of ether oxygens (including phenoxy) is 1. The Hall–Kier alpha value is -0.610. The minimum Gasteiger partial charge on any atom is -0.463 e. The van der Waals surface area contributed by atoms with Crippen LogP contribution in [0.15, 0.2) is 0 Å². The van der Waals surface area contributed by atoms with Crippen LogP contribution in [0.5, 0.6) is 0 Å². The lowest BCUT2D eigenvalue weighted by molar-refractivity contribution is -0.155. The molecule has 0 amide bonds. The first-order chi connectivity index (χ1) is 4.70. The summed E-state index contributed by atoms with van der Waals surface area (Å²) in [6.07, 6.45) is -0.798. The average molecular weight is 144 g/mol. The maximum absolute atomic E-state index is 10.6. The number of hydrogen-bond donors (Lipinski definition) is 1. The fourth-order valence-corrected chi connectivity index (χ4v) is 0.822. The first-order valence-corrected chi connectivity index (χ1v) is 3.11. The van der Waals surface area contributed by atoms with Crippen LogP contribution in [0.1, 0.15) is 0 Å². The fraction of sp³-hybridized carbons (Fsp3) is 0.667. The Morgan fingerprint density at radius 3 is 2.90 bits per heavy atom. The summed E-state index contributed by atoms with van der Waals surface area (Å²) in [7, 11) is 0. The Morgan fingerprint density at radius 1 is 1.80 bits per heavy atom. The van der Waals surface area contributed by atoms with Crippen molar-refractivity contribution < 1.29 is 14.6 Å². The van der Waals surface area contributed by atoms with E-state index in [1.165, 1.54) is 0 Å². The van der Waals surface area contributed by atoms with E-state index in [1.54, 1.807) is 4.90 Å². The molecule has 10 heavy (non-hydrogen) atoms. The first-order valence-electron chi connectivity index (χ1n) is 3.11. The van der Waals surface area contributed by atoms with Gasteiger partial charge in [-0.25, -0.2) is 0 Å². The molecule has 0 aromatic carbocycles. The maximum atomic E-state index is 10.6. The molecule has 0 spiro atoms. The van der Waals surface area contributed by atoms with Gasteiger partial charge in [0.25, 0.3) is 0 Å². The van der Waals surface area contributed by atoms with Gasteiger partial charge < -0.3 is 9.84 Å². The summed E-state index contributed by atoms with van der Waals surface area (Å²) in [6, 6.07) is 0. The van der Waals surface area contributed by atoms with Crippen LogP contribution in [-0.4, -0.2) is 41.9 Å². The lowest BCUT2D eigenvalue weighted by Gasteiger charge is -2.27. The smallest absolute Gasteiger partial charge is 0.320 e. The van der Waals surface area contributed by atoms with E-state index in [0.29, 0.717) is 13.2 Å². The van der Waals surface area contributed by atoms with Gasteiger partial charge in [-0.15, -0.1) is 0 Å². The highest BCUT2D eigenvalue weighted by molar-refractivity contribution is 5.72. The van der Waals surface area contributed by atoms with Crippen LogP contribution in [0.3, 0.4) is 0 Å². The zero-order valence-electron chi connectivity index (χ0n) is 5.62. The monoisotopic (exact) mass is 144 g/mol. The molecule has 0 bridgehead atoms. The lowest BCUT2D eigenvalue weighted by Crippen LogP contribution is -2.44. The van der Waals surface area contributed by atoms with E-state index in [9.17, 15) is 4.79 Å². The largest absolute Gasteiger partial charge is 0.463 e. The molecule has 1 fully saturated rings. The summed E-state index contributed by atoms with van der Waals surface area (Å²) in [5.74, 6) is -0.297. The third kappa shape index (κ3) is 1.68. The van der Waals surface area contributed by atoms with E-state index in [-0.39, 0.29) is 12.5 Å². The van der Waals surface area contributed by atoms with Crippen LogP contribution >= 0.6 is 0 Å². The van der Waals surface area contributed by atoms with Gasteiger partial charge in [0, 0.05) is 6.54 Å². The van der Waals surface area contributed by atoms with Gasteiger partial charge in [0.2, 0.25) is 0 Å². The van der Waals surface area contributed by atoms with Crippen LogP contribution in [0.2, 0.25) is 0 Å². The lowest BCUT2D eigenvalue weighted by atomic mass is 10.4. The molecule has 1 radical (unpaired) electrons. The molecule has 0 aromatic rings. The number of aliphatic hydroxyl groups is 1. The molecule has 57 valence electrons. The van der Waals surface area contributed by atoms with Crippen LogP contribution < -0.4 is 0 Å². The van der Waals surface area contributed by atoms with Gasteiger partial charge in [-0.3, -0.25) is 9.69 Å². The van der Waals surface area contributed by atoms with Crippen molar-refractivity contribution in [3.05, 3.63) is 6.92 Å². The Labute approximate surface area is 59.4 Å². The quantitative estimate of drug-likeness (QED) is 0.479. The topological polar surface area (TPSA) is 49.8 Å². The number of rotatable bonds is 1. The average Bonchev–Trinajstić information content (AvgIpc) is 1.88. The van der Waals surface area contributed by atoms with Crippen LogP contribution in [0, 0.1) is 6.92 Å². The van der Waals surface area contributed by atoms with E-state index >= 15 is 0 Å². The molecule has 4 nitrogen and oxygen atoms in total. The molecule has 1 unspecified atom stereocenters. The summed E-state index contributed by atoms with van der Waals surface area (Å²) in [5, 5.41) is 8.90. The van der Waals surface area contributed by atoms with Gasteiger partial charge in [-0.2, -0.15) is 0 Å². The van der Waals surface area contributed by atoms with E-state index in [2.05, 4.69) is 11.7 Å². The molecule has 0 aromatic heterocycles. The Bertz CT molecular complexity index is 135. The molecule has 1 N–H and O–H groups in total. The molecule has 1 heterocycles. The molecule has 0 aliphatic carbocycles. The predicted octanol–water partition coefficient (Wildman–Crippen LogP) is -1.00. The van der Waals surface area contributed by atoms with Crippen molar-refractivity contribution in [2.45, 2.75) is 6.23 Å². The van der Waals surface area contributed by atoms with Gasteiger partial charge >= 0.3 is 5.97 Å². The van der Waals surface area contributed by atoms with Crippen LogP contribution in [0.25, 0.3) is 0 Å². The highest BCUT2D eigenvalue weighted by Gasteiger charge is 2.20. The second-order valence-corrected chi connectivity index (χ2v) is 2.17. The molecule has 4 heteroatoms. The zero-order valence-corrected chi connectivity index (χ0v) is 5.62. The van der Waals surface area contributed by atoms with Crippen molar-refractivity contribution in [2.24, 2.45) is 0 Å². The van der Waals surface area contributed by atoms with Crippen molar-refractivity contribution in [3.63, 3.8) is 0 Å². The van der Waals surface area contributed by atoms with Crippen molar-refractivity contribution in [3.8, 4) is 0 Å². The predicted molar refractivity (Wildman–Crippen MR) is 33.9 cm³/mol. The Morgan fingerprint density at radius 2 is 2.50 bits per heavy atom. The first kappa shape index (κ1) is 7.50. The van der Waals surface area contributed by atoms with E-state index in [4.69, 9.17) is 5.11 Å². The maximum Gasteiger partial charge on any atom is 0.320 e. The molecular formula is C6H10NO3. The molecule has 1 saturated heterocycles. The van der Waals surface area contributed by atoms with Crippen molar-refractivity contribution in [1.82, 2.24) is 4.90 Å². The van der Waals surface area contributed by atoms with Crippen molar-refractivity contribution in [2.75, 3.05) is 19.7 Å². The van der Waals surface area contributed by atoms with Gasteiger partial charge in [-0.1, -0.05) is 0 Å². The highest BCUT2D eigenvalue weighted by Crippen LogP contribution is 2.00. The summed E-state index contributed by atoms with van der Waals surface area (Å²) in [4.78, 5) is 12.1. The third-order valence-electron chi connectivity index (χ3n) is 1.40. The minimum atomic E-state index is -0.798. The van der Waals surface area contributed by atoms with Gasteiger partial charge in [-0.05, 0) is 6.92 Å². The Balaban J connectivity index is 2.39. The van der Waals surface area contributed by atoms with Crippen molar-refractivity contribution in [1.29, 1.82) is 0 Å². The van der Waals surface area contributed by atoms with E-state index in [1.807, 2.05) is 0 Å². The third-order valence-corrected chi connectivity index (χ3v) is 1.40. The SMILES string of the molecule is [CH2]C(O)N1CCOC(=O)C1.